The third-order valence-electron chi connectivity index (χ3n) is 3.63. The van der Waals surface area contributed by atoms with Crippen molar-refractivity contribution in [2.24, 2.45) is 0 Å². The molecule has 0 bridgehead atoms. The Labute approximate surface area is 156 Å². The molecule has 3 rings (SSSR count). The van der Waals surface area contributed by atoms with Crippen molar-refractivity contribution in [3.8, 4) is 5.75 Å². The first kappa shape index (κ1) is 17.7. The Morgan fingerprint density at radius 1 is 1.08 bits per heavy atom. The van der Waals surface area contributed by atoms with Crippen LogP contribution < -0.4 is 15.4 Å². The van der Waals surface area contributed by atoms with Gasteiger partial charge in [0.2, 0.25) is 0 Å². The second kappa shape index (κ2) is 8.31. The van der Waals surface area contributed by atoms with Gasteiger partial charge in [0.15, 0.2) is 0 Å². The second-order valence-electron chi connectivity index (χ2n) is 5.45. The summed E-state index contributed by atoms with van der Waals surface area (Å²) in [5.41, 5.74) is 2.07. The number of carbonyl (C=O) groups is 1. The van der Waals surface area contributed by atoms with E-state index in [1.807, 2.05) is 36.4 Å². The van der Waals surface area contributed by atoms with E-state index in [9.17, 15) is 4.79 Å². The molecule has 132 valence electrons. The molecule has 1 heterocycles. The average Bonchev–Trinajstić information content (AvgIpc) is 2.68. The van der Waals surface area contributed by atoms with E-state index < -0.39 is 0 Å². The smallest absolute Gasteiger partial charge is 0.270 e. The van der Waals surface area contributed by atoms with Crippen LogP contribution in [0.2, 0.25) is 5.02 Å². The maximum absolute atomic E-state index is 12.3. The van der Waals surface area contributed by atoms with E-state index >= 15 is 0 Å². The maximum atomic E-state index is 12.3. The number of benzene rings is 2. The molecule has 7 heteroatoms. The molecule has 0 atom stereocenters. The number of aromatic nitrogens is 2. The van der Waals surface area contributed by atoms with Gasteiger partial charge in [-0.2, -0.15) is 0 Å². The molecule has 0 spiro atoms. The Morgan fingerprint density at radius 2 is 1.81 bits per heavy atom. The van der Waals surface area contributed by atoms with Crippen LogP contribution in [0.1, 0.15) is 16.1 Å². The summed E-state index contributed by atoms with van der Waals surface area (Å²) in [6.45, 7) is 0.390. The van der Waals surface area contributed by atoms with E-state index in [0.717, 1.165) is 17.0 Å². The first-order valence-corrected chi connectivity index (χ1v) is 8.27. The first-order valence-electron chi connectivity index (χ1n) is 7.90. The molecule has 1 amide bonds. The number of anilines is 2. The van der Waals surface area contributed by atoms with Gasteiger partial charge in [0.25, 0.3) is 5.91 Å². The lowest BCUT2D eigenvalue weighted by Crippen LogP contribution is -2.24. The first-order chi connectivity index (χ1) is 12.6. The fraction of sp³-hybridized carbons (Fsp3) is 0.105. The monoisotopic (exact) mass is 368 g/mol. The molecular weight excluding hydrogens is 352 g/mol. The number of hydrogen-bond acceptors (Lipinski definition) is 5. The number of hydrogen-bond donors (Lipinski definition) is 2. The predicted molar refractivity (Wildman–Crippen MR) is 101 cm³/mol. The van der Waals surface area contributed by atoms with Gasteiger partial charge in [-0.3, -0.25) is 4.79 Å². The minimum absolute atomic E-state index is 0.278. The molecule has 0 saturated carbocycles. The highest BCUT2D eigenvalue weighted by Crippen LogP contribution is 2.18. The van der Waals surface area contributed by atoms with Gasteiger partial charge < -0.3 is 15.4 Å². The van der Waals surface area contributed by atoms with Gasteiger partial charge in [0, 0.05) is 23.3 Å². The summed E-state index contributed by atoms with van der Waals surface area (Å²) in [6, 6.07) is 16.3. The summed E-state index contributed by atoms with van der Waals surface area (Å²) in [5.74, 6) is 1.02. The Bertz CT molecular complexity index is 883. The lowest BCUT2D eigenvalue weighted by molar-refractivity contribution is 0.0946. The van der Waals surface area contributed by atoms with Crippen LogP contribution in [0.3, 0.4) is 0 Å². The van der Waals surface area contributed by atoms with Gasteiger partial charge in [-0.15, -0.1) is 0 Å². The van der Waals surface area contributed by atoms with E-state index in [0.29, 0.717) is 17.4 Å². The van der Waals surface area contributed by atoms with Crippen LogP contribution in [0, 0.1) is 0 Å². The van der Waals surface area contributed by atoms with Crippen molar-refractivity contribution in [2.75, 3.05) is 12.4 Å². The van der Waals surface area contributed by atoms with Crippen LogP contribution in [0.5, 0.6) is 5.75 Å². The van der Waals surface area contributed by atoms with Crippen molar-refractivity contribution >= 4 is 29.0 Å². The number of methoxy groups -OCH3 is 1. The molecule has 6 nitrogen and oxygen atoms in total. The maximum Gasteiger partial charge on any atom is 0.270 e. The Hall–Kier alpha value is -3.12. The van der Waals surface area contributed by atoms with Crippen LogP contribution >= 0.6 is 11.6 Å². The van der Waals surface area contributed by atoms with Crippen molar-refractivity contribution < 1.29 is 9.53 Å². The normalized spacial score (nSPS) is 10.2. The van der Waals surface area contributed by atoms with Gasteiger partial charge in [-0.25, -0.2) is 9.97 Å². The predicted octanol–water partition coefficient (Wildman–Crippen LogP) is 3.81. The number of ether oxygens (including phenoxy) is 1. The lowest BCUT2D eigenvalue weighted by Gasteiger charge is -2.08. The second-order valence-corrected chi connectivity index (χ2v) is 5.89. The summed E-state index contributed by atoms with van der Waals surface area (Å²) in [7, 11) is 1.61. The van der Waals surface area contributed by atoms with Gasteiger partial charge >= 0.3 is 0 Å². The SMILES string of the molecule is COc1ccc(Nc2cc(C(=O)NCc3ccc(Cl)cc3)ncn2)cc1. The number of nitrogens with zero attached hydrogens (tertiary/aromatic N) is 2. The number of rotatable bonds is 6. The number of carbonyl (C=O) groups excluding carboxylic acids is 1. The van der Waals surface area contributed by atoms with Crippen molar-refractivity contribution in [3.63, 3.8) is 0 Å². The van der Waals surface area contributed by atoms with Gasteiger partial charge in [-0.1, -0.05) is 23.7 Å². The molecule has 0 radical (unpaired) electrons. The van der Waals surface area contributed by atoms with Gasteiger partial charge in [0.05, 0.1) is 7.11 Å². The molecule has 0 aliphatic rings. The fourth-order valence-electron chi connectivity index (χ4n) is 2.25. The van der Waals surface area contributed by atoms with Crippen LogP contribution in [0.4, 0.5) is 11.5 Å². The molecule has 2 N–H and O–H groups in total. The zero-order valence-electron chi connectivity index (χ0n) is 14.1. The number of nitrogens with one attached hydrogen (secondary N) is 2. The Kier molecular flexibility index (Phi) is 5.66. The van der Waals surface area contributed by atoms with E-state index in [2.05, 4.69) is 20.6 Å². The minimum Gasteiger partial charge on any atom is -0.497 e. The van der Waals surface area contributed by atoms with Crippen LogP contribution in [0.25, 0.3) is 0 Å². The van der Waals surface area contributed by atoms with E-state index in [1.54, 1.807) is 25.3 Å². The molecule has 0 fully saturated rings. The average molecular weight is 369 g/mol. The summed E-state index contributed by atoms with van der Waals surface area (Å²) in [6.07, 6.45) is 1.35. The highest BCUT2D eigenvalue weighted by Gasteiger charge is 2.09. The summed E-state index contributed by atoms with van der Waals surface area (Å²) in [4.78, 5) is 20.5. The zero-order chi connectivity index (χ0) is 18.4. The minimum atomic E-state index is -0.278. The standard InChI is InChI=1S/C19H17ClN4O2/c1-26-16-8-6-15(7-9-16)24-18-10-17(22-12-23-18)19(25)21-11-13-2-4-14(20)5-3-13/h2-10,12H,11H2,1H3,(H,21,25)(H,22,23,24). The summed E-state index contributed by atoms with van der Waals surface area (Å²) < 4.78 is 5.13. The van der Waals surface area contributed by atoms with Crippen LogP contribution in [-0.4, -0.2) is 23.0 Å². The van der Waals surface area contributed by atoms with Crippen molar-refractivity contribution in [1.82, 2.24) is 15.3 Å². The molecule has 2 aromatic carbocycles. The zero-order valence-corrected chi connectivity index (χ0v) is 14.8. The molecule has 26 heavy (non-hydrogen) atoms. The summed E-state index contributed by atoms with van der Waals surface area (Å²) >= 11 is 5.85. The Balaban J connectivity index is 1.63. The molecule has 0 unspecified atom stereocenters. The topological polar surface area (TPSA) is 76.1 Å². The molecule has 1 aromatic heterocycles. The fourth-order valence-corrected chi connectivity index (χ4v) is 2.37. The van der Waals surface area contributed by atoms with Gasteiger partial charge in [0.1, 0.15) is 23.6 Å². The third kappa shape index (κ3) is 4.70. The van der Waals surface area contributed by atoms with Crippen LogP contribution in [0.15, 0.2) is 60.9 Å². The largest absolute Gasteiger partial charge is 0.497 e. The molecule has 0 aliphatic heterocycles. The lowest BCUT2D eigenvalue weighted by atomic mass is 10.2. The highest BCUT2D eigenvalue weighted by molar-refractivity contribution is 6.30. The quantitative estimate of drug-likeness (QED) is 0.691. The highest BCUT2D eigenvalue weighted by atomic mass is 35.5. The van der Waals surface area contributed by atoms with Crippen molar-refractivity contribution in [3.05, 3.63) is 77.2 Å². The molecule has 3 aromatic rings. The van der Waals surface area contributed by atoms with E-state index in [1.165, 1.54) is 6.33 Å². The molecule has 0 saturated heterocycles. The van der Waals surface area contributed by atoms with Crippen molar-refractivity contribution in [2.45, 2.75) is 6.54 Å². The van der Waals surface area contributed by atoms with E-state index in [4.69, 9.17) is 16.3 Å². The molecular formula is C19H17ClN4O2. The Morgan fingerprint density at radius 3 is 2.50 bits per heavy atom. The third-order valence-corrected chi connectivity index (χ3v) is 3.88. The van der Waals surface area contributed by atoms with Crippen molar-refractivity contribution in [1.29, 1.82) is 0 Å². The van der Waals surface area contributed by atoms with E-state index in [-0.39, 0.29) is 11.6 Å². The number of halogens is 1. The van der Waals surface area contributed by atoms with Crippen LogP contribution in [-0.2, 0) is 6.54 Å². The molecule has 0 aliphatic carbocycles. The van der Waals surface area contributed by atoms with Gasteiger partial charge in [-0.05, 0) is 42.0 Å². The summed E-state index contributed by atoms with van der Waals surface area (Å²) in [5, 5.41) is 6.61. The number of amides is 1.